The topological polar surface area (TPSA) is 45.4 Å². The Morgan fingerprint density at radius 1 is 1.19 bits per heavy atom. The molecule has 0 amide bonds. The van der Waals surface area contributed by atoms with Crippen molar-refractivity contribution in [2.24, 2.45) is 0 Å². The highest BCUT2D eigenvalue weighted by molar-refractivity contribution is 5.44. The highest BCUT2D eigenvalue weighted by Gasteiger charge is 2.01. The average Bonchev–Trinajstić information content (AvgIpc) is 2.73. The van der Waals surface area contributed by atoms with Gasteiger partial charge in [-0.1, -0.05) is 12.1 Å². The number of aliphatic hydroxyl groups is 1. The Morgan fingerprint density at radius 2 is 1.94 bits per heavy atom. The Balaban J connectivity index is 1.97. The largest absolute Gasteiger partial charge is 0.467 e. The van der Waals surface area contributed by atoms with E-state index < -0.39 is 0 Å². The summed E-state index contributed by atoms with van der Waals surface area (Å²) in [6.07, 6.45) is 1.70. The fourth-order valence-electron chi connectivity index (χ4n) is 1.50. The molecule has 0 bridgehead atoms. The summed E-state index contributed by atoms with van der Waals surface area (Å²) in [5.74, 6) is 0.950. The Labute approximate surface area is 94.7 Å². The highest BCUT2D eigenvalue weighted by atomic mass is 16.3. The first kappa shape index (κ1) is 10.8. The molecule has 1 heterocycles. The number of aryl methyl sites for hydroxylation is 1. The summed E-state index contributed by atoms with van der Waals surface area (Å²) in [6, 6.07) is 9.65. The van der Waals surface area contributed by atoms with Crippen LogP contribution in [0.2, 0.25) is 0 Å². The summed E-state index contributed by atoms with van der Waals surface area (Å²) in [6.45, 7) is 2.78. The van der Waals surface area contributed by atoms with E-state index >= 15 is 0 Å². The molecule has 0 unspecified atom stereocenters. The van der Waals surface area contributed by atoms with Gasteiger partial charge in [0.1, 0.15) is 5.76 Å². The molecule has 3 heteroatoms. The number of rotatable bonds is 4. The molecule has 0 radical (unpaired) electrons. The lowest BCUT2D eigenvalue weighted by molar-refractivity contribution is 0.282. The molecule has 84 valence electrons. The van der Waals surface area contributed by atoms with Gasteiger partial charge >= 0.3 is 0 Å². The molecule has 0 spiro atoms. The van der Waals surface area contributed by atoms with E-state index in [0.29, 0.717) is 6.54 Å². The molecule has 0 saturated carbocycles. The molecule has 0 aliphatic carbocycles. The number of hydrogen-bond acceptors (Lipinski definition) is 3. The summed E-state index contributed by atoms with van der Waals surface area (Å²) in [7, 11) is 0. The minimum atomic E-state index is 0.0809. The quantitative estimate of drug-likeness (QED) is 0.827. The fraction of sp³-hybridized carbons (Fsp3) is 0.231. The van der Waals surface area contributed by atoms with Crippen LogP contribution < -0.4 is 5.32 Å². The predicted octanol–water partition coefficient (Wildman–Crippen LogP) is 2.69. The van der Waals surface area contributed by atoms with Gasteiger partial charge in [-0.05, 0) is 36.2 Å². The minimum Gasteiger partial charge on any atom is -0.467 e. The van der Waals surface area contributed by atoms with E-state index in [0.717, 1.165) is 22.6 Å². The SMILES string of the molecule is Cc1ccoc1CNc1ccc(CO)cc1. The number of anilines is 1. The molecular weight excluding hydrogens is 202 g/mol. The third-order valence-electron chi connectivity index (χ3n) is 2.56. The zero-order valence-electron chi connectivity index (χ0n) is 9.23. The van der Waals surface area contributed by atoms with Crippen molar-refractivity contribution in [2.45, 2.75) is 20.1 Å². The van der Waals surface area contributed by atoms with Crippen molar-refractivity contribution >= 4 is 5.69 Å². The van der Waals surface area contributed by atoms with Gasteiger partial charge in [0.2, 0.25) is 0 Å². The van der Waals surface area contributed by atoms with Crippen molar-refractivity contribution in [2.75, 3.05) is 5.32 Å². The van der Waals surface area contributed by atoms with Gasteiger partial charge in [0, 0.05) is 5.69 Å². The Kier molecular flexibility index (Phi) is 3.27. The molecule has 0 saturated heterocycles. The van der Waals surface area contributed by atoms with E-state index in [1.165, 1.54) is 0 Å². The third kappa shape index (κ3) is 2.44. The van der Waals surface area contributed by atoms with Crippen LogP contribution in [0.25, 0.3) is 0 Å². The predicted molar refractivity (Wildman–Crippen MR) is 63.1 cm³/mol. The van der Waals surface area contributed by atoms with E-state index in [1.54, 1.807) is 6.26 Å². The van der Waals surface area contributed by atoms with Crippen molar-refractivity contribution in [1.82, 2.24) is 0 Å². The van der Waals surface area contributed by atoms with Crippen LogP contribution in [0.4, 0.5) is 5.69 Å². The van der Waals surface area contributed by atoms with Gasteiger partial charge in [0.25, 0.3) is 0 Å². The van der Waals surface area contributed by atoms with Gasteiger partial charge in [-0.25, -0.2) is 0 Å². The number of benzene rings is 1. The first-order valence-corrected chi connectivity index (χ1v) is 5.26. The maximum absolute atomic E-state index is 8.91. The lowest BCUT2D eigenvalue weighted by atomic mass is 10.2. The summed E-state index contributed by atoms with van der Waals surface area (Å²) in [4.78, 5) is 0. The highest BCUT2D eigenvalue weighted by Crippen LogP contribution is 2.13. The monoisotopic (exact) mass is 217 g/mol. The molecular formula is C13H15NO2. The number of furan rings is 1. The second-order valence-electron chi connectivity index (χ2n) is 3.74. The molecule has 3 nitrogen and oxygen atoms in total. The zero-order valence-corrected chi connectivity index (χ0v) is 9.23. The standard InChI is InChI=1S/C13H15NO2/c1-10-6-7-16-13(10)8-14-12-4-2-11(9-15)3-5-12/h2-7,14-15H,8-9H2,1H3. The summed E-state index contributed by atoms with van der Waals surface area (Å²) >= 11 is 0. The second kappa shape index (κ2) is 4.86. The summed E-state index contributed by atoms with van der Waals surface area (Å²) in [5.41, 5.74) is 3.09. The molecule has 1 aromatic heterocycles. The van der Waals surface area contributed by atoms with Crippen molar-refractivity contribution in [3.05, 3.63) is 53.5 Å². The van der Waals surface area contributed by atoms with Crippen LogP contribution in [0, 0.1) is 6.92 Å². The van der Waals surface area contributed by atoms with Crippen LogP contribution in [-0.4, -0.2) is 5.11 Å². The molecule has 16 heavy (non-hydrogen) atoms. The first-order chi connectivity index (χ1) is 7.79. The average molecular weight is 217 g/mol. The minimum absolute atomic E-state index is 0.0809. The normalized spacial score (nSPS) is 10.4. The van der Waals surface area contributed by atoms with Gasteiger partial charge < -0.3 is 14.8 Å². The van der Waals surface area contributed by atoms with Gasteiger partial charge in [-0.2, -0.15) is 0 Å². The van der Waals surface area contributed by atoms with Crippen LogP contribution in [0.15, 0.2) is 41.0 Å². The number of nitrogens with one attached hydrogen (secondary N) is 1. The van der Waals surface area contributed by atoms with Crippen LogP contribution in [-0.2, 0) is 13.2 Å². The van der Waals surface area contributed by atoms with Crippen LogP contribution in [0.1, 0.15) is 16.9 Å². The van der Waals surface area contributed by atoms with Crippen molar-refractivity contribution in [3.63, 3.8) is 0 Å². The van der Waals surface area contributed by atoms with Crippen LogP contribution in [0.5, 0.6) is 0 Å². The van der Waals surface area contributed by atoms with Crippen molar-refractivity contribution in [3.8, 4) is 0 Å². The molecule has 2 rings (SSSR count). The Bertz CT molecular complexity index is 445. The van der Waals surface area contributed by atoms with Crippen LogP contribution in [0.3, 0.4) is 0 Å². The van der Waals surface area contributed by atoms with E-state index in [2.05, 4.69) is 5.32 Å². The Hall–Kier alpha value is -1.74. The fourth-order valence-corrected chi connectivity index (χ4v) is 1.50. The second-order valence-corrected chi connectivity index (χ2v) is 3.74. The van der Waals surface area contributed by atoms with Gasteiger partial charge in [-0.3, -0.25) is 0 Å². The van der Waals surface area contributed by atoms with Crippen LogP contribution >= 0.6 is 0 Å². The Morgan fingerprint density at radius 3 is 2.50 bits per heavy atom. The molecule has 2 aromatic rings. The van der Waals surface area contributed by atoms with Crippen molar-refractivity contribution in [1.29, 1.82) is 0 Å². The van der Waals surface area contributed by atoms with Gasteiger partial charge in [0.05, 0.1) is 19.4 Å². The van der Waals surface area contributed by atoms with E-state index in [9.17, 15) is 0 Å². The number of aliphatic hydroxyl groups excluding tert-OH is 1. The number of hydrogen-bond donors (Lipinski definition) is 2. The molecule has 0 fully saturated rings. The van der Waals surface area contributed by atoms with E-state index in [-0.39, 0.29) is 6.61 Å². The third-order valence-corrected chi connectivity index (χ3v) is 2.56. The lowest BCUT2D eigenvalue weighted by Crippen LogP contribution is -1.99. The smallest absolute Gasteiger partial charge is 0.125 e. The molecule has 0 aliphatic heterocycles. The lowest BCUT2D eigenvalue weighted by Gasteiger charge is -2.05. The molecule has 1 aromatic carbocycles. The van der Waals surface area contributed by atoms with Gasteiger partial charge in [0.15, 0.2) is 0 Å². The van der Waals surface area contributed by atoms with Crippen molar-refractivity contribution < 1.29 is 9.52 Å². The summed E-state index contributed by atoms with van der Waals surface area (Å²) in [5, 5.41) is 12.2. The van der Waals surface area contributed by atoms with Gasteiger partial charge in [-0.15, -0.1) is 0 Å². The summed E-state index contributed by atoms with van der Waals surface area (Å²) < 4.78 is 5.33. The van der Waals surface area contributed by atoms with E-state index in [1.807, 2.05) is 37.3 Å². The maximum atomic E-state index is 8.91. The molecule has 2 N–H and O–H groups in total. The van der Waals surface area contributed by atoms with E-state index in [4.69, 9.17) is 9.52 Å². The zero-order chi connectivity index (χ0) is 11.4. The first-order valence-electron chi connectivity index (χ1n) is 5.26. The molecule has 0 atom stereocenters. The molecule has 0 aliphatic rings. The maximum Gasteiger partial charge on any atom is 0.125 e.